The van der Waals surface area contributed by atoms with Crippen molar-refractivity contribution in [2.45, 2.75) is 47.2 Å². The summed E-state index contributed by atoms with van der Waals surface area (Å²) in [6.07, 6.45) is 0. The fraction of sp³-hybridized carbons (Fsp3) is 0.417. The van der Waals surface area contributed by atoms with E-state index in [4.69, 9.17) is 16.3 Å². The third-order valence-corrected chi connectivity index (χ3v) is 5.23. The number of ether oxygens (including phenoxy) is 1. The third kappa shape index (κ3) is 6.77. The van der Waals surface area contributed by atoms with Crippen molar-refractivity contribution in [2.75, 3.05) is 13.2 Å². The fourth-order valence-electron chi connectivity index (χ4n) is 2.97. The molecule has 5 nitrogen and oxygen atoms in total. The molecule has 0 radical (unpaired) electrons. The molecule has 0 spiro atoms. The molecule has 0 aliphatic rings. The molecular weight excluding hydrogens is 400 g/mol. The maximum Gasteiger partial charge on any atom is 0.261 e. The Bertz CT molecular complexity index is 883. The molecular formula is C24H31ClN2O3. The first-order valence-corrected chi connectivity index (χ1v) is 10.6. The standard InChI is InChI=1S/C24H31ClN2O3/c1-16(2)13-26-24(29)19(5)27(14-20-9-7-10-21(25)12-20)23(28)15-30-22-11-6-8-17(3)18(22)4/h6-12,16,19H,13-15H2,1-5H3,(H,26,29)/t19-/m0/s1. The van der Waals surface area contributed by atoms with Gasteiger partial charge >= 0.3 is 0 Å². The van der Waals surface area contributed by atoms with Crippen LogP contribution in [0.4, 0.5) is 0 Å². The van der Waals surface area contributed by atoms with Crippen LogP contribution >= 0.6 is 11.6 Å². The minimum Gasteiger partial charge on any atom is -0.483 e. The van der Waals surface area contributed by atoms with Gasteiger partial charge in [0.25, 0.3) is 5.91 Å². The number of aryl methyl sites for hydroxylation is 1. The van der Waals surface area contributed by atoms with Gasteiger partial charge in [-0.25, -0.2) is 0 Å². The molecule has 0 aromatic heterocycles. The van der Waals surface area contributed by atoms with Crippen molar-refractivity contribution >= 4 is 23.4 Å². The summed E-state index contributed by atoms with van der Waals surface area (Å²) < 4.78 is 5.80. The summed E-state index contributed by atoms with van der Waals surface area (Å²) in [7, 11) is 0. The molecule has 2 amide bonds. The van der Waals surface area contributed by atoms with Gasteiger partial charge in [-0.15, -0.1) is 0 Å². The average Bonchev–Trinajstić information content (AvgIpc) is 2.70. The molecule has 1 N–H and O–H groups in total. The first kappa shape index (κ1) is 23.7. The predicted molar refractivity (Wildman–Crippen MR) is 121 cm³/mol. The summed E-state index contributed by atoms with van der Waals surface area (Å²) in [4.78, 5) is 27.3. The monoisotopic (exact) mass is 430 g/mol. The number of carbonyl (C=O) groups is 2. The van der Waals surface area contributed by atoms with Gasteiger partial charge in [0, 0.05) is 18.1 Å². The van der Waals surface area contributed by atoms with Crippen LogP contribution < -0.4 is 10.1 Å². The number of nitrogens with zero attached hydrogens (tertiary/aromatic N) is 1. The van der Waals surface area contributed by atoms with Crippen LogP contribution in [0.15, 0.2) is 42.5 Å². The van der Waals surface area contributed by atoms with E-state index in [0.29, 0.717) is 23.2 Å². The highest BCUT2D eigenvalue weighted by Crippen LogP contribution is 2.21. The van der Waals surface area contributed by atoms with E-state index in [2.05, 4.69) is 5.32 Å². The molecule has 0 saturated carbocycles. The summed E-state index contributed by atoms with van der Waals surface area (Å²) in [6.45, 7) is 10.4. The minimum absolute atomic E-state index is 0.146. The van der Waals surface area contributed by atoms with Gasteiger partial charge in [-0.1, -0.05) is 49.7 Å². The largest absolute Gasteiger partial charge is 0.483 e. The summed E-state index contributed by atoms with van der Waals surface area (Å²) in [5.74, 6) is 0.544. The van der Waals surface area contributed by atoms with Crippen molar-refractivity contribution in [1.82, 2.24) is 10.2 Å². The molecule has 6 heteroatoms. The molecule has 0 unspecified atom stereocenters. The Kier molecular flexibility index (Phi) is 8.72. The Morgan fingerprint density at radius 3 is 2.47 bits per heavy atom. The number of nitrogens with one attached hydrogen (secondary N) is 1. The van der Waals surface area contributed by atoms with Crippen molar-refractivity contribution in [3.8, 4) is 5.75 Å². The molecule has 0 fully saturated rings. The zero-order valence-electron chi connectivity index (χ0n) is 18.4. The number of rotatable bonds is 9. The Morgan fingerprint density at radius 2 is 1.80 bits per heavy atom. The van der Waals surface area contributed by atoms with Gasteiger partial charge in [-0.2, -0.15) is 0 Å². The van der Waals surface area contributed by atoms with Gasteiger partial charge in [0.15, 0.2) is 6.61 Å². The van der Waals surface area contributed by atoms with Crippen molar-refractivity contribution in [3.05, 3.63) is 64.2 Å². The summed E-state index contributed by atoms with van der Waals surface area (Å²) >= 11 is 6.10. The van der Waals surface area contributed by atoms with Crippen LogP contribution in [0, 0.1) is 19.8 Å². The third-order valence-electron chi connectivity index (χ3n) is 5.00. The zero-order chi connectivity index (χ0) is 22.3. The van der Waals surface area contributed by atoms with Crippen LogP contribution in [0.1, 0.15) is 37.5 Å². The van der Waals surface area contributed by atoms with Gasteiger partial charge in [0.05, 0.1) is 0 Å². The highest BCUT2D eigenvalue weighted by Gasteiger charge is 2.26. The van der Waals surface area contributed by atoms with Gasteiger partial charge in [0.1, 0.15) is 11.8 Å². The van der Waals surface area contributed by atoms with Gasteiger partial charge in [-0.3, -0.25) is 9.59 Å². The highest BCUT2D eigenvalue weighted by molar-refractivity contribution is 6.30. The molecule has 2 aromatic rings. The minimum atomic E-state index is -0.641. The number of hydrogen-bond donors (Lipinski definition) is 1. The van der Waals surface area contributed by atoms with E-state index in [1.54, 1.807) is 19.1 Å². The molecule has 162 valence electrons. The second-order valence-corrected chi connectivity index (χ2v) is 8.39. The Balaban J connectivity index is 2.17. The zero-order valence-corrected chi connectivity index (χ0v) is 19.1. The van der Waals surface area contributed by atoms with Gasteiger partial charge in [-0.05, 0) is 61.6 Å². The lowest BCUT2D eigenvalue weighted by atomic mass is 10.1. The molecule has 0 heterocycles. The van der Waals surface area contributed by atoms with Crippen molar-refractivity contribution in [1.29, 1.82) is 0 Å². The van der Waals surface area contributed by atoms with Crippen LogP contribution in [-0.4, -0.2) is 35.9 Å². The first-order chi connectivity index (χ1) is 14.2. The first-order valence-electron chi connectivity index (χ1n) is 10.2. The van der Waals surface area contributed by atoms with Crippen molar-refractivity contribution < 1.29 is 14.3 Å². The number of benzene rings is 2. The number of amides is 2. The topological polar surface area (TPSA) is 58.6 Å². The van der Waals surface area contributed by atoms with E-state index in [-0.39, 0.29) is 25.0 Å². The Hall–Kier alpha value is -2.53. The Labute approximate surface area is 184 Å². The predicted octanol–water partition coefficient (Wildman–Crippen LogP) is 4.53. The number of hydrogen-bond acceptors (Lipinski definition) is 3. The van der Waals surface area contributed by atoms with Crippen molar-refractivity contribution in [2.24, 2.45) is 5.92 Å². The van der Waals surface area contributed by atoms with Gasteiger partial charge in [0.2, 0.25) is 5.91 Å². The quantitative estimate of drug-likeness (QED) is 0.636. The lowest BCUT2D eigenvalue weighted by molar-refractivity contribution is -0.142. The van der Waals surface area contributed by atoms with E-state index >= 15 is 0 Å². The molecule has 0 aliphatic heterocycles. The van der Waals surface area contributed by atoms with Crippen molar-refractivity contribution in [3.63, 3.8) is 0 Å². The normalized spacial score (nSPS) is 11.8. The summed E-state index contributed by atoms with van der Waals surface area (Å²) in [5, 5.41) is 3.49. The summed E-state index contributed by atoms with van der Waals surface area (Å²) in [5.41, 5.74) is 2.94. The molecule has 30 heavy (non-hydrogen) atoms. The van der Waals surface area contributed by atoms with Crippen LogP contribution in [0.3, 0.4) is 0 Å². The van der Waals surface area contributed by atoms with E-state index in [0.717, 1.165) is 16.7 Å². The lowest BCUT2D eigenvalue weighted by Gasteiger charge is -2.29. The van der Waals surface area contributed by atoms with Crippen LogP contribution in [0.5, 0.6) is 5.75 Å². The average molecular weight is 431 g/mol. The molecule has 2 aromatic carbocycles. The van der Waals surface area contributed by atoms with Crippen LogP contribution in [-0.2, 0) is 16.1 Å². The second kappa shape index (κ2) is 11.0. The number of halogens is 1. The van der Waals surface area contributed by atoms with Crippen LogP contribution in [0.2, 0.25) is 5.02 Å². The maximum atomic E-state index is 13.1. The Morgan fingerprint density at radius 1 is 1.10 bits per heavy atom. The maximum absolute atomic E-state index is 13.1. The van der Waals surface area contributed by atoms with E-state index in [9.17, 15) is 9.59 Å². The van der Waals surface area contributed by atoms with E-state index in [1.807, 2.05) is 58.0 Å². The lowest BCUT2D eigenvalue weighted by Crippen LogP contribution is -2.49. The van der Waals surface area contributed by atoms with Crippen LogP contribution in [0.25, 0.3) is 0 Å². The fourth-order valence-corrected chi connectivity index (χ4v) is 3.18. The molecule has 2 rings (SSSR count). The highest BCUT2D eigenvalue weighted by atomic mass is 35.5. The van der Waals surface area contributed by atoms with E-state index < -0.39 is 6.04 Å². The second-order valence-electron chi connectivity index (χ2n) is 7.95. The molecule has 1 atom stereocenters. The van der Waals surface area contributed by atoms with Gasteiger partial charge < -0.3 is 15.0 Å². The van der Waals surface area contributed by atoms with E-state index in [1.165, 1.54) is 4.90 Å². The number of carbonyl (C=O) groups excluding carboxylic acids is 2. The molecule has 0 aliphatic carbocycles. The summed E-state index contributed by atoms with van der Waals surface area (Å²) in [6, 6.07) is 12.4. The molecule has 0 saturated heterocycles. The smallest absolute Gasteiger partial charge is 0.261 e. The SMILES string of the molecule is Cc1cccc(OCC(=O)N(Cc2cccc(Cl)c2)[C@@H](C)C(=O)NCC(C)C)c1C. The molecule has 0 bridgehead atoms.